The van der Waals surface area contributed by atoms with Gasteiger partial charge in [0.25, 0.3) is 0 Å². The van der Waals surface area contributed by atoms with Crippen LogP contribution in [0.25, 0.3) is 0 Å². The Bertz CT molecular complexity index is 385. The molecule has 0 aliphatic heterocycles. The van der Waals surface area contributed by atoms with Crippen LogP contribution >= 0.6 is 0 Å². The van der Waals surface area contributed by atoms with Gasteiger partial charge in [0, 0.05) is 6.04 Å². The molecule has 1 saturated carbocycles. The smallest absolute Gasteiger partial charge is 0.319 e. The van der Waals surface area contributed by atoms with Gasteiger partial charge in [0.05, 0.1) is 11.4 Å². The van der Waals surface area contributed by atoms with Crippen molar-refractivity contribution in [2.45, 2.75) is 25.8 Å². The SMILES string of the molecule is Cc1ccc(NC(=O)NC2CC2)c(N)c1. The first kappa shape index (κ1) is 9.83. The zero-order valence-corrected chi connectivity index (χ0v) is 8.71. The van der Waals surface area contributed by atoms with Crippen LogP contribution in [0, 0.1) is 6.92 Å². The van der Waals surface area contributed by atoms with Crippen molar-refractivity contribution < 1.29 is 4.79 Å². The lowest BCUT2D eigenvalue weighted by Gasteiger charge is -2.09. The van der Waals surface area contributed by atoms with Gasteiger partial charge < -0.3 is 16.4 Å². The number of carbonyl (C=O) groups excluding carboxylic acids is 1. The van der Waals surface area contributed by atoms with Crippen LogP contribution in [0.4, 0.5) is 16.2 Å². The first-order valence-electron chi connectivity index (χ1n) is 5.09. The summed E-state index contributed by atoms with van der Waals surface area (Å²) < 4.78 is 0. The summed E-state index contributed by atoms with van der Waals surface area (Å²) in [6, 6.07) is 5.76. The maximum atomic E-state index is 11.4. The van der Waals surface area contributed by atoms with E-state index in [-0.39, 0.29) is 6.03 Å². The summed E-state index contributed by atoms with van der Waals surface area (Å²) in [5.41, 5.74) is 8.12. The van der Waals surface area contributed by atoms with E-state index >= 15 is 0 Å². The van der Waals surface area contributed by atoms with Gasteiger partial charge in [-0.3, -0.25) is 0 Å². The average molecular weight is 205 g/mol. The second-order valence-corrected chi connectivity index (χ2v) is 3.96. The average Bonchev–Trinajstić information content (AvgIpc) is 2.94. The van der Waals surface area contributed by atoms with Gasteiger partial charge in [0.2, 0.25) is 0 Å². The molecule has 0 heterocycles. The Morgan fingerprint density at radius 2 is 2.20 bits per heavy atom. The largest absolute Gasteiger partial charge is 0.397 e. The van der Waals surface area contributed by atoms with Crippen LogP contribution in [0.5, 0.6) is 0 Å². The van der Waals surface area contributed by atoms with Crippen molar-refractivity contribution in [3.63, 3.8) is 0 Å². The molecule has 4 nitrogen and oxygen atoms in total. The number of nitrogens with two attached hydrogens (primary N) is 1. The Hall–Kier alpha value is -1.71. The van der Waals surface area contributed by atoms with Crippen molar-refractivity contribution in [2.75, 3.05) is 11.1 Å². The van der Waals surface area contributed by atoms with Crippen molar-refractivity contribution in [3.05, 3.63) is 23.8 Å². The molecule has 1 aromatic carbocycles. The molecule has 1 fully saturated rings. The van der Waals surface area contributed by atoms with E-state index in [2.05, 4.69) is 10.6 Å². The van der Waals surface area contributed by atoms with E-state index in [0.29, 0.717) is 17.4 Å². The lowest BCUT2D eigenvalue weighted by atomic mass is 10.2. The highest BCUT2D eigenvalue weighted by atomic mass is 16.2. The van der Waals surface area contributed by atoms with Gasteiger partial charge in [-0.25, -0.2) is 4.79 Å². The summed E-state index contributed by atoms with van der Waals surface area (Å²) in [4.78, 5) is 11.4. The van der Waals surface area contributed by atoms with E-state index < -0.39 is 0 Å². The molecule has 1 aliphatic carbocycles. The van der Waals surface area contributed by atoms with E-state index in [1.54, 1.807) is 0 Å². The molecule has 1 aromatic rings. The Morgan fingerprint density at radius 1 is 1.47 bits per heavy atom. The number of rotatable bonds is 2. The second-order valence-electron chi connectivity index (χ2n) is 3.96. The maximum absolute atomic E-state index is 11.4. The van der Waals surface area contributed by atoms with Gasteiger partial charge in [0.15, 0.2) is 0 Å². The minimum atomic E-state index is -0.173. The molecular formula is C11H15N3O. The Labute approximate surface area is 88.9 Å². The Balaban J connectivity index is 1.99. The molecule has 0 radical (unpaired) electrons. The highest BCUT2D eigenvalue weighted by molar-refractivity contribution is 5.92. The van der Waals surface area contributed by atoms with E-state index in [0.717, 1.165) is 18.4 Å². The van der Waals surface area contributed by atoms with Gasteiger partial charge in [-0.1, -0.05) is 6.07 Å². The standard InChI is InChI=1S/C11H15N3O/c1-7-2-5-10(9(12)6-7)14-11(15)13-8-3-4-8/h2,5-6,8H,3-4,12H2,1H3,(H2,13,14,15). The predicted molar refractivity (Wildman–Crippen MR) is 60.8 cm³/mol. The van der Waals surface area contributed by atoms with Crippen LogP contribution in [0.2, 0.25) is 0 Å². The van der Waals surface area contributed by atoms with Gasteiger partial charge in [-0.15, -0.1) is 0 Å². The van der Waals surface area contributed by atoms with Crippen LogP contribution in [-0.2, 0) is 0 Å². The number of carbonyl (C=O) groups is 1. The Kier molecular flexibility index (Phi) is 2.49. The van der Waals surface area contributed by atoms with Gasteiger partial charge in [0.1, 0.15) is 0 Å². The minimum Gasteiger partial charge on any atom is -0.397 e. The topological polar surface area (TPSA) is 67.2 Å². The van der Waals surface area contributed by atoms with Crippen LogP contribution in [0.1, 0.15) is 18.4 Å². The zero-order valence-electron chi connectivity index (χ0n) is 8.71. The predicted octanol–water partition coefficient (Wildman–Crippen LogP) is 1.86. The first-order chi connectivity index (χ1) is 7.15. The number of anilines is 2. The molecule has 2 rings (SSSR count). The monoisotopic (exact) mass is 205 g/mol. The number of nitrogens with one attached hydrogen (secondary N) is 2. The van der Waals surface area contributed by atoms with Crippen LogP contribution < -0.4 is 16.4 Å². The molecule has 15 heavy (non-hydrogen) atoms. The first-order valence-corrected chi connectivity index (χ1v) is 5.09. The normalized spacial score (nSPS) is 14.7. The zero-order chi connectivity index (χ0) is 10.8. The van der Waals surface area contributed by atoms with Crippen LogP contribution in [-0.4, -0.2) is 12.1 Å². The third kappa shape index (κ3) is 2.62. The van der Waals surface area contributed by atoms with Crippen molar-refractivity contribution in [3.8, 4) is 0 Å². The van der Waals surface area contributed by atoms with Crippen LogP contribution in [0.15, 0.2) is 18.2 Å². The third-order valence-corrected chi connectivity index (χ3v) is 2.37. The van der Waals surface area contributed by atoms with Crippen molar-refractivity contribution in [2.24, 2.45) is 0 Å². The molecule has 80 valence electrons. The lowest BCUT2D eigenvalue weighted by molar-refractivity contribution is 0.251. The van der Waals surface area contributed by atoms with Gasteiger partial charge in [-0.05, 0) is 37.5 Å². The fourth-order valence-corrected chi connectivity index (χ4v) is 1.37. The lowest BCUT2D eigenvalue weighted by Crippen LogP contribution is -2.30. The summed E-state index contributed by atoms with van der Waals surface area (Å²) in [6.07, 6.45) is 2.16. The van der Waals surface area contributed by atoms with E-state index in [1.807, 2.05) is 25.1 Å². The minimum absolute atomic E-state index is 0.173. The van der Waals surface area contributed by atoms with E-state index in [9.17, 15) is 4.79 Å². The highest BCUT2D eigenvalue weighted by Crippen LogP contribution is 2.21. The third-order valence-electron chi connectivity index (χ3n) is 2.37. The van der Waals surface area contributed by atoms with Crippen LogP contribution in [0.3, 0.4) is 0 Å². The fourth-order valence-electron chi connectivity index (χ4n) is 1.37. The molecular weight excluding hydrogens is 190 g/mol. The van der Waals surface area contributed by atoms with Gasteiger partial charge in [-0.2, -0.15) is 0 Å². The number of hydrogen-bond acceptors (Lipinski definition) is 2. The highest BCUT2D eigenvalue weighted by Gasteiger charge is 2.23. The number of amides is 2. The molecule has 2 amide bonds. The molecule has 0 spiro atoms. The molecule has 4 N–H and O–H groups in total. The summed E-state index contributed by atoms with van der Waals surface area (Å²) in [5, 5.41) is 5.57. The molecule has 0 aromatic heterocycles. The van der Waals surface area contributed by atoms with E-state index in [4.69, 9.17) is 5.73 Å². The second kappa shape index (κ2) is 3.81. The number of hydrogen-bond donors (Lipinski definition) is 3. The summed E-state index contributed by atoms with van der Waals surface area (Å²) in [5.74, 6) is 0. The van der Waals surface area contributed by atoms with Gasteiger partial charge >= 0.3 is 6.03 Å². The molecule has 0 atom stereocenters. The molecule has 0 bridgehead atoms. The number of aryl methyl sites for hydroxylation is 1. The summed E-state index contributed by atoms with van der Waals surface area (Å²) in [6.45, 7) is 1.96. The molecule has 0 unspecified atom stereocenters. The van der Waals surface area contributed by atoms with E-state index in [1.165, 1.54) is 0 Å². The van der Waals surface area contributed by atoms with Crippen molar-refractivity contribution >= 4 is 17.4 Å². The number of benzene rings is 1. The Morgan fingerprint density at radius 3 is 2.80 bits per heavy atom. The number of urea groups is 1. The molecule has 1 aliphatic rings. The fraction of sp³-hybridized carbons (Fsp3) is 0.364. The number of nitrogen functional groups attached to an aromatic ring is 1. The summed E-state index contributed by atoms with van der Waals surface area (Å²) >= 11 is 0. The quantitative estimate of drug-likeness (QED) is 0.645. The van der Waals surface area contributed by atoms with Crippen molar-refractivity contribution in [1.82, 2.24) is 5.32 Å². The summed E-state index contributed by atoms with van der Waals surface area (Å²) in [7, 11) is 0. The molecule has 0 saturated heterocycles. The molecule has 4 heteroatoms. The van der Waals surface area contributed by atoms with Crippen molar-refractivity contribution in [1.29, 1.82) is 0 Å². The maximum Gasteiger partial charge on any atom is 0.319 e.